The second kappa shape index (κ2) is 22.2. The van der Waals surface area contributed by atoms with E-state index in [1.807, 2.05) is 11.8 Å². The number of unbranched alkanes of at least 4 members (excludes halogenated alkanes) is 7. The number of nitrogens with one attached hydrogen (secondary N) is 4. The number of amides is 4. The van der Waals surface area contributed by atoms with Crippen LogP contribution in [0.15, 0.2) is 0 Å². The van der Waals surface area contributed by atoms with Crippen LogP contribution in [0.1, 0.15) is 84.0 Å². The van der Waals surface area contributed by atoms with Gasteiger partial charge in [-0.15, -0.1) is 0 Å². The predicted molar refractivity (Wildman–Crippen MR) is 164 cm³/mol. The summed E-state index contributed by atoms with van der Waals surface area (Å²) in [6, 6.07) is 0.389. The van der Waals surface area contributed by atoms with Crippen LogP contribution in [0.3, 0.4) is 0 Å². The van der Waals surface area contributed by atoms with Crippen molar-refractivity contribution in [3.8, 4) is 0 Å². The summed E-state index contributed by atoms with van der Waals surface area (Å²) in [6.45, 7) is 4.40. The Kier molecular flexibility index (Phi) is 19.4. The Labute approximate surface area is 254 Å². The second-order valence-corrected chi connectivity index (χ2v) is 13.9. The molecule has 0 aliphatic carbocycles. The van der Waals surface area contributed by atoms with Crippen LogP contribution < -0.4 is 21.3 Å². The average molecular weight is 639 g/mol. The fraction of sp³-hybridized carbons (Fsp3) is 0.893. The molecule has 4 amide bonds. The highest BCUT2D eigenvalue weighted by Crippen LogP contribution is 2.49. The Hall–Kier alpha value is -1.40. The maximum Gasteiger partial charge on any atom is 0.367 e. The van der Waals surface area contributed by atoms with Crippen molar-refractivity contribution >= 4 is 37.3 Å². The van der Waals surface area contributed by atoms with E-state index in [0.29, 0.717) is 64.0 Å². The molecule has 244 valence electrons. The molecule has 4 atom stereocenters. The number of hydrogen-bond acceptors (Lipinski definition) is 8. The Morgan fingerprint density at radius 3 is 2.07 bits per heavy atom. The van der Waals surface area contributed by atoms with Gasteiger partial charge < -0.3 is 35.3 Å². The van der Waals surface area contributed by atoms with Gasteiger partial charge in [-0.25, -0.2) is 4.79 Å². The van der Waals surface area contributed by atoms with Gasteiger partial charge in [0.2, 0.25) is 11.8 Å². The standard InChI is InChI=1S/C28H52FN4O7PS/c1-2-40-41(29,37)21-11-7-5-3-4-6-8-13-25(34)30-15-17-38-19-20-39-18-16-31-26(35)14-10-9-12-24-27-23(22-42-24)32-28(36)33-27/h23-24,27H,2-22H2,1H3,(H,30,34)(H,31,35)(H2,32,33,36). The molecule has 0 aromatic carbocycles. The van der Waals surface area contributed by atoms with Crippen LogP contribution >= 0.6 is 19.4 Å². The molecule has 0 bridgehead atoms. The van der Waals surface area contributed by atoms with Crippen LogP contribution in [0.2, 0.25) is 0 Å². The molecule has 0 aromatic heterocycles. The van der Waals surface area contributed by atoms with Crippen molar-refractivity contribution in [3.63, 3.8) is 0 Å². The third-order valence-electron chi connectivity index (χ3n) is 7.24. The van der Waals surface area contributed by atoms with Crippen molar-refractivity contribution in [1.29, 1.82) is 0 Å². The van der Waals surface area contributed by atoms with Crippen molar-refractivity contribution in [2.45, 2.75) is 101 Å². The van der Waals surface area contributed by atoms with E-state index in [9.17, 15) is 23.1 Å². The van der Waals surface area contributed by atoms with Gasteiger partial charge >= 0.3 is 13.7 Å². The number of halogens is 1. The summed E-state index contributed by atoms with van der Waals surface area (Å²) in [4.78, 5) is 35.3. The number of hydrogen-bond donors (Lipinski definition) is 4. The minimum atomic E-state index is -3.88. The van der Waals surface area contributed by atoms with Crippen molar-refractivity contribution in [2.75, 3.05) is 58.0 Å². The molecule has 2 aliphatic heterocycles. The lowest BCUT2D eigenvalue weighted by Gasteiger charge is -2.16. The van der Waals surface area contributed by atoms with Crippen molar-refractivity contribution in [2.24, 2.45) is 0 Å². The first-order valence-corrected chi connectivity index (χ1v) is 18.4. The van der Waals surface area contributed by atoms with Gasteiger partial charge in [-0.05, 0) is 32.6 Å². The number of carbonyl (C=O) groups excluding carboxylic acids is 3. The van der Waals surface area contributed by atoms with Crippen LogP contribution in [0, 0.1) is 0 Å². The van der Waals surface area contributed by atoms with Gasteiger partial charge in [-0.1, -0.05) is 38.5 Å². The molecule has 2 fully saturated rings. The Balaban J connectivity index is 1.26. The monoisotopic (exact) mass is 638 g/mol. The molecule has 2 heterocycles. The number of thioether (sulfide) groups is 1. The van der Waals surface area contributed by atoms with Crippen molar-refractivity contribution < 1.29 is 37.1 Å². The topological polar surface area (TPSA) is 144 Å². The third kappa shape index (κ3) is 17.0. The summed E-state index contributed by atoms with van der Waals surface area (Å²) in [5.74, 6) is 1.00. The molecule has 2 aliphatic rings. The summed E-state index contributed by atoms with van der Waals surface area (Å²) < 4.78 is 40.4. The largest absolute Gasteiger partial charge is 0.377 e. The first kappa shape index (κ1) is 36.8. The predicted octanol–water partition coefficient (Wildman–Crippen LogP) is 4.30. The van der Waals surface area contributed by atoms with Crippen LogP contribution in [0.4, 0.5) is 8.99 Å². The average Bonchev–Trinajstić information content (AvgIpc) is 3.50. The van der Waals surface area contributed by atoms with Gasteiger partial charge in [0.1, 0.15) is 0 Å². The Morgan fingerprint density at radius 1 is 0.881 bits per heavy atom. The highest BCUT2D eigenvalue weighted by molar-refractivity contribution is 8.00. The molecule has 0 spiro atoms. The zero-order valence-corrected chi connectivity index (χ0v) is 26.9. The summed E-state index contributed by atoms with van der Waals surface area (Å²) >= 11 is 1.89. The molecular weight excluding hydrogens is 586 g/mol. The maximum absolute atomic E-state index is 13.4. The fourth-order valence-electron chi connectivity index (χ4n) is 5.03. The summed E-state index contributed by atoms with van der Waals surface area (Å²) in [5, 5.41) is 12.1. The van der Waals surface area contributed by atoms with Crippen molar-refractivity contribution in [3.05, 3.63) is 0 Å². The van der Waals surface area contributed by atoms with Gasteiger partial charge in [-0.2, -0.15) is 16.0 Å². The number of carbonyl (C=O) groups is 3. The summed E-state index contributed by atoms with van der Waals surface area (Å²) in [5.41, 5.74) is 0. The fourth-order valence-corrected chi connectivity index (χ4v) is 7.69. The molecule has 4 N–H and O–H groups in total. The molecule has 11 nitrogen and oxygen atoms in total. The molecule has 14 heteroatoms. The lowest BCUT2D eigenvalue weighted by molar-refractivity contribution is -0.122. The third-order valence-corrected chi connectivity index (χ3v) is 10.2. The Morgan fingerprint density at radius 2 is 1.45 bits per heavy atom. The summed E-state index contributed by atoms with van der Waals surface area (Å²) in [6.07, 6.45) is 10.0. The highest BCUT2D eigenvalue weighted by atomic mass is 32.2. The molecule has 0 aromatic rings. The molecular formula is C28H52FN4O7PS. The zero-order valence-electron chi connectivity index (χ0n) is 25.2. The van der Waals surface area contributed by atoms with E-state index < -0.39 is 7.68 Å². The molecule has 4 unspecified atom stereocenters. The normalized spacial score (nSPS) is 20.9. The second-order valence-electron chi connectivity index (χ2n) is 10.7. The van der Waals surface area contributed by atoms with Gasteiger partial charge in [-0.3, -0.25) is 14.2 Å². The van der Waals surface area contributed by atoms with E-state index in [4.69, 9.17) is 9.47 Å². The van der Waals surface area contributed by atoms with E-state index in [-0.39, 0.29) is 42.7 Å². The maximum atomic E-state index is 13.4. The van der Waals surface area contributed by atoms with Crippen LogP contribution in [0.5, 0.6) is 0 Å². The van der Waals surface area contributed by atoms with E-state index >= 15 is 0 Å². The number of fused-ring (bicyclic) bond motifs is 1. The molecule has 0 saturated carbocycles. The quantitative estimate of drug-likeness (QED) is 0.0624. The lowest BCUT2D eigenvalue weighted by atomic mass is 10.0. The van der Waals surface area contributed by atoms with Gasteiger partial charge in [0, 0.05) is 36.9 Å². The smallest absolute Gasteiger partial charge is 0.367 e. The van der Waals surface area contributed by atoms with E-state index in [0.717, 1.165) is 63.5 Å². The van der Waals surface area contributed by atoms with Crippen LogP contribution in [-0.2, 0) is 28.2 Å². The molecule has 42 heavy (non-hydrogen) atoms. The first-order valence-electron chi connectivity index (χ1n) is 15.6. The van der Waals surface area contributed by atoms with E-state index in [2.05, 4.69) is 25.8 Å². The highest BCUT2D eigenvalue weighted by Gasteiger charge is 2.42. The Bertz CT molecular complexity index is 844. The molecule has 0 radical (unpaired) electrons. The van der Waals surface area contributed by atoms with E-state index in [1.54, 1.807) is 6.92 Å². The minimum Gasteiger partial charge on any atom is -0.377 e. The minimum absolute atomic E-state index is 0.00276. The van der Waals surface area contributed by atoms with Gasteiger partial charge in [0.25, 0.3) is 0 Å². The van der Waals surface area contributed by atoms with Gasteiger partial charge in [0.15, 0.2) is 0 Å². The summed E-state index contributed by atoms with van der Waals surface area (Å²) in [7, 11) is -3.88. The van der Waals surface area contributed by atoms with Crippen LogP contribution in [0.25, 0.3) is 0 Å². The van der Waals surface area contributed by atoms with Crippen LogP contribution in [-0.4, -0.2) is 93.2 Å². The van der Waals surface area contributed by atoms with E-state index in [1.165, 1.54) is 0 Å². The lowest BCUT2D eigenvalue weighted by Crippen LogP contribution is -2.36. The molecule has 2 saturated heterocycles. The number of rotatable bonds is 26. The zero-order chi connectivity index (χ0) is 30.5. The van der Waals surface area contributed by atoms with Gasteiger partial charge in [0.05, 0.1) is 51.3 Å². The molecule has 2 rings (SSSR count). The number of urea groups is 1. The SMILES string of the molecule is CCOP(=O)(F)CCCCCCCCCC(=O)NCCOCCOCCNC(=O)CCCCC1SCC2NC(=O)NC21. The first-order chi connectivity index (χ1) is 20.3. The number of ether oxygens (including phenoxy) is 2. The van der Waals surface area contributed by atoms with Crippen molar-refractivity contribution in [1.82, 2.24) is 21.3 Å².